The molecule has 7 nitrogen and oxygen atoms in total. The molecule has 2 aromatic heterocycles. The highest BCUT2D eigenvalue weighted by atomic mass is 35.5. The maximum absolute atomic E-state index is 12.3. The third-order valence-corrected chi connectivity index (χ3v) is 6.24. The van der Waals surface area contributed by atoms with Crippen LogP contribution in [-0.4, -0.2) is 30.8 Å². The van der Waals surface area contributed by atoms with Crippen molar-refractivity contribution in [2.75, 3.05) is 12.9 Å². The molecular formula is C23H23ClN2O5S. The minimum atomic E-state index is -3.27. The van der Waals surface area contributed by atoms with Gasteiger partial charge in [0.05, 0.1) is 12.4 Å². The van der Waals surface area contributed by atoms with E-state index in [1.807, 2.05) is 6.07 Å². The molecule has 0 bridgehead atoms. The number of aryl methyl sites for hydroxylation is 2. The van der Waals surface area contributed by atoms with Gasteiger partial charge in [0.25, 0.3) is 5.56 Å². The van der Waals surface area contributed by atoms with Crippen molar-refractivity contribution in [2.45, 2.75) is 25.0 Å². The Hall–Kier alpha value is -2.84. The van der Waals surface area contributed by atoms with Crippen LogP contribution in [0.4, 0.5) is 0 Å². The van der Waals surface area contributed by atoms with Crippen molar-refractivity contribution >= 4 is 21.4 Å². The Morgan fingerprint density at radius 2 is 1.94 bits per heavy atom. The zero-order valence-corrected chi connectivity index (χ0v) is 19.4. The van der Waals surface area contributed by atoms with Crippen molar-refractivity contribution in [1.82, 2.24) is 9.55 Å². The van der Waals surface area contributed by atoms with Crippen LogP contribution in [0.1, 0.15) is 24.0 Å². The van der Waals surface area contributed by atoms with E-state index in [9.17, 15) is 13.2 Å². The fourth-order valence-electron chi connectivity index (χ4n) is 3.63. The molecule has 1 aromatic carbocycles. The minimum absolute atomic E-state index is 0.165. The molecule has 32 heavy (non-hydrogen) atoms. The number of hydrogen-bond acceptors (Lipinski definition) is 6. The summed E-state index contributed by atoms with van der Waals surface area (Å²) < 4.78 is 37.4. The average Bonchev–Trinajstić information content (AvgIpc) is 2.71. The summed E-state index contributed by atoms with van der Waals surface area (Å²) in [6.07, 6.45) is 6.68. The third-order valence-electron chi connectivity index (χ3n) is 5.14. The van der Waals surface area contributed by atoms with E-state index in [0.29, 0.717) is 39.8 Å². The second kappa shape index (κ2) is 8.96. The molecule has 0 fully saturated rings. The SMILES string of the molecule is Cn1cc2c(cc1=O)OCCCCc1cc(Cl)ccc1Oc1ncc(CS(C)(=O)=O)cc1-2. The van der Waals surface area contributed by atoms with Crippen LogP contribution in [0.5, 0.6) is 17.4 Å². The standard InChI is InChI=1S/C23H23ClN2O5S/c1-26-13-19-18-9-15(14-32(2,28)29)12-25-23(18)31-20-7-6-17(24)10-16(20)5-3-4-8-30-21(19)11-22(26)27/h6-7,9-13H,3-5,8,14H2,1-2H3. The number of ether oxygens (including phenoxy) is 2. The molecule has 0 amide bonds. The van der Waals surface area contributed by atoms with Gasteiger partial charge in [-0.1, -0.05) is 11.6 Å². The lowest BCUT2D eigenvalue weighted by Gasteiger charge is -2.19. The monoisotopic (exact) mass is 474 g/mol. The number of nitrogens with zero attached hydrogens (tertiary/aromatic N) is 2. The van der Waals surface area contributed by atoms with Gasteiger partial charge in [0.1, 0.15) is 11.5 Å². The molecule has 1 aliphatic heterocycles. The first-order chi connectivity index (χ1) is 15.2. The van der Waals surface area contributed by atoms with Gasteiger partial charge in [0.2, 0.25) is 5.88 Å². The molecule has 0 radical (unpaired) electrons. The van der Waals surface area contributed by atoms with Gasteiger partial charge in [-0.15, -0.1) is 0 Å². The van der Waals surface area contributed by atoms with Crippen molar-refractivity contribution in [3.63, 3.8) is 0 Å². The maximum Gasteiger partial charge on any atom is 0.254 e. The van der Waals surface area contributed by atoms with Gasteiger partial charge in [-0.05, 0) is 54.7 Å². The van der Waals surface area contributed by atoms with Crippen molar-refractivity contribution in [1.29, 1.82) is 0 Å². The van der Waals surface area contributed by atoms with Crippen LogP contribution in [0.3, 0.4) is 0 Å². The van der Waals surface area contributed by atoms with Gasteiger partial charge >= 0.3 is 0 Å². The van der Waals surface area contributed by atoms with Crippen LogP contribution in [0.25, 0.3) is 11.1 Å². The lowest BCUT2D eigenvalue weighted by molar-refractivity contribution is 0.306. The second-order valence-electron chi connectivity index (χ2n) is 7.93. The number of halogens is 1. The van der Waals surface area contributed by atoms with E-state index in [1.165, 1.54) is 23.1 Å². The number of rotatable bonds is 2. The molecule has 9 heteroatoms. The summed E-state index contributed by atoms with van der Waals surface area (Å²) in [6.45, 7) is 0.433. The van der Waals surface area contributed by atoms with E-state index in [0.717, 1.165) is 24.8 Å². The quantitative estimate of drug-likeness (QED) is 0.554. The van der Waals surface area contributed by atoms with Crippen LogP contribution >= 0.6 is 11.6 Å². The van der Waals surface area contributed by atoms with Crippen LogP contribution in [0.2, 0.25) is 5.02 Å². The lowest BCUT2D eigenvalue weighted by Crippen LogP contribution is -2.16. The summed E-state index contributed by atoms with van der Waals surface area (Å²) in [4.78, 5) is 16.7. The van der Waals surface area contributed by atoms with Crippen molar-refractivity contribution < 1.29 is 17.9 Å². The van der Waals surface area contributed by atoms with Crippen LogP contribution < -0.4 is 15.0 Å². The summed E-state index contributed by atoms with van der Waals surface area (Å²) in [5, 5.41) is 0.618. The molecule has 0 spiro atoms. The van der Waals surface area contributed by atoms with Crippen LogP contribution in [0, 0.1) is 0 Å². The maximum atomic E-state index is 12.3. The zero-order chi connectivity index (χ0) is 22.9. The molecule has 4 rings (SSSR count). The number of pyridine rings is 2. The molecular weight excluding hydrogens is 452 g/mol. The molecule has 0 aliphatic carbocycles. The summed E-state index contributed by atoms with van der Waals surface area (Å²) in [7, 11) is -1.63. The highest BCUT2D eigenvalue weighted by Gasteiger charge is 2.20. The van der Waals surface area contributed by atoms with E-state index in [4.69, 9.17) is 21.1 Å². The van der Waals surface area contributed by atoms with E-state index in [1.54, 1.807) is 31.4 Å². The van der Waals surface area contributed by atoms with Crippen LogP contribution in [-0.2, 0) is 29.1 Å². The van der Waals surface area contributed by atoms with E-state index < -0.39 is 9.84 Å². The number of fused-ring (bicyclic) bond motifs is 4. The van der Waals surface area contributed by atoms with Gasteiger partial charge in [-0.25, -0.2) is 13.4 Å². The lowest BCUT2D eigenvalue weighted by atomic mass is 10.0. The molecule has 3 heterocycles. The summed E-state index contributed by atoms with van der Waals surface area (Å²) >= 11 is 6.20. The summed E-state index contributed by atoms with van der Waals surface area (Å²) in [6, 6.07) is 8.58. The largest absolute Gasteiger partial charge is 0.493 e. The van der Waals surface area contributed by atoms with Crippen molar-refractivity contribution in [3.05, 3.63) is 69.2 Å². The Morgan fingerprint density at radius 3 is 2.72 bits per heavy atom. The molecule has 3 aromatic rings. The molecule has 1 aliphatic rings. The van der Waals surface area contributed by atoms with Gasteiger partial charge in [-0.2, -0.15) is 0 Å². The predicted molar refractivity (Wildman–Crippen MR) is 123 cm³/mol. The predicted octanol–water partition coefficient (Wildman–Crippen LogP) is 4.15. The van der Waals surface area contributed by atoms with Gasteiger partial charge in [0, 0.05) is 47.9 Å². The Labute approximate surface area is 191 Å². The first-order valence-corrected chi connectivity index (χ1v) is 12.6. The van der Waals surface area contributed by atoms with E-state index >= 15 is 0 Å². The first-order valence-electron chi connectivity index (χ1n) is 10.2. The van der Waals surface area contributed by atoms with E-state index in [-0.39, 0.29) is 17.2 Å². The Bertz CT molecular complexity index is 1330. The smallest absolute Gasteiger partial charge is 0.254 e. The highest BCUT2D eigenvalue weighted by Crippen LogP contribution is 2.39. The third kappa shape index (κ3) is 5.14. The summed E-state index contributed by atoms with van der Waals surface area (Å²) in [5.74, 6) is 1.16. The van der Waals surface area contributed by atoms with Gasteiger partial charge in [-0.3, -0.25) is 4.79 Å². The Balaban J connectivity index is 1.93. The number of benzene rings is 1. The minimum Gasteiger partial charge on any atom is -0.493 e. The number of aromatic nitrogens is 2. The topological polar surface area (TPSA) is 87.5 Å². The first kappa shape index (κ1) is 22.4. The zero-order valence-electron chi connectivity index (χ0n) is 17.8. The number of sulfone groups is 1. The molecule has 0 saturated carbocycles. The van der Waals surface area contributed by atoms with Crippen molar-refractivity contribution in [3.8, 4) is 28.5 Å². The van der Waals surface area contributed by atoms with E-state index in [2.05, 4.69) is 4.98 Å². The Kier molecular flexibility index (Phi) is 6.26. The fraction of sp³-hybridized carbons (Fsp3) is 0.304. The Morgan fingerprint density at radius 1 is 1.12 bits per heavy atom. The average molecular weight is 475 g/mol. The van der Waals surface area contributed by atoms with Crippen molar-refractivity contribution in [2.24, 2.45) is 7.05 Å². The molecule has 0 saturated heterocycles. The highest BCUT2D eigenvalue weighted by molar-refractivity contribution is 7.89. The van der Waals surface area contributed by atoms with Gasteiger partial charge < -0.3 is 14.0 Å². The summed E-state index contributed by atoms with van der Waals surface area (Å²) in [5.41, 5.74) is 2.39. The fourth-order valence-corrected chi connectivity index (χ4v) is 4.59. The molecule has 0 N–H and O–H groups in total. The van der Waals surface area contributed by atoms with Gasteiger partial charge in [0.15, 0.2) is 9.84 Å². The number of hydrogen-bond donors (Lipinski definition) is 0. The molecule has 168 valence electrons. The molecule has 0 atom stereocenters. The molecule has 0 unspecified atom stereocenters. The second-order valence-corrected chi connectivity index (χ2v) is 10.5. The van der Waals surface area contributed by atoms with Crippen LogP contribution in [0.15, 0.2) is 47.5 Å². The normalized spacial score (nSPS) is 14.0.